The van der Waals surface area contributed by atoms with Crippen molar-refractivity contribution in [1.82, 2.24) is 30.2 Å². The molecule has 2 aromatic heterocycles. The fourth-order valence-electron chi connectivity index (χ4n) is 6.36. The Morgan fingerprint density at radius 1 is 1.00 bits per heavy atom. The van der Waals surface area contributed by atoms with Gasteiger partial charge in [0, 0.05) is 43.0 Å². The molecular weight excluding hydrogens is 462 g/mol. The lowest BCUT2D eigenvalue weighted by Crippen LogP contribution is -2.51. The number of nitrogens with one attached hydrogen (secondary N) is 1. The molecule has 3 fully saturated rings. The molecule has 1 N–H and O–H groups in total. The minimum Gasteiger partial charge on any atom is -0.462 e. The highest BCUT2D eigenvalue weighted by atomic mass is 16.5. The Balaban J connectivity index is 1.32. The van der Waals surface area contributed by atoms with Crippen molar-refractivity contribution in [2.45, 2.75) is 50.7 Å². The highest BCUT2D eigenvalue weighted by molar-refractivity contribution is 5.98. The van der Waals surface area contributed by atoms with Crippen molar-refractivity contribution in [1.29, 1.82) is 0 Å². The van der Waals surface area contributed by atoms with Gasteiger partial charge in [0.2, 0.25) is 0 Å². The monoisotopic (exact) mass is 495 g/mol. The second-order valence-electron chi connectivity index (χ2n) is 10.9. The average Bonchev–Trinajstić information content (AvgIpc) is 3.49. The van der Waals surface area contributed by atoms with Gasteiger partial charge in [0.15, 0.2) is 11.5 Å². The van der Waals surface area contributed by atoms with Crippen LogP contribution in [0.1, 0.15) is 31.2 Å². The van der Waals surface area contributed by atoms with Gasteiger partial charge in [-0.2, -0.15) is 9.97 Å². The summed E-state index contributed by atoms with van der Waals surface area (Å²) in [5, 5.41) is 6.97. The van der Waals surface area contributed by atoms with E-state index < -0.39 is 0 Å². The van der Waals surface area contributed by atoms with Crippen molar-refractivity contribution in [2.75, 3.05) is 38.2 Å². The first-order valence-corrected chi connectivity index (χ1v) is 13.5. The van der Waals surface area contributed by atoms with Crippen LogP contribution in [0.2, 0.25) is 0 Å². The van der Waals surface area contributed by atoms with Crippen LogP contribution in [0.25, 0.3) is 33.2 Å². The SMILES string of the molecule is Cc1cccc2cccc(-c3ncc4c(N5CC6CCC(C5)N6)nc(OCC5CCCN5C)nc4n3)c12. The normalized spacial score (nSPS) is 23.8. The molecule has 37 heavy (non-hydrogen) atoms. The van der Waals surface area contributed by atoms with Crippen LogP contribution in [-0.4, -0.2) is 76.3 Å². The van der Waals surface area contributed by atoms with Crippen LogP contribution in [0.4, 0.5) is 5.82 Å². The highest BCUT2D eigenvalue weighted by Crippen LogP contribution is 2.33. The Hall–Kier alpha value is -3.36. The lowest BCUT2D eigenvalue weighted by molar-refractivity contribution is 0.188. The van der Waals surface area contributed by atoms with E-state index in [-0.39, 0.29) is 0 Å². The molecule has 3 aliphatic heterocycles. The smallest absolute Gasteiger partial charge is 0.320 e. The molecule has 8 nitrogen and oxygen atoms in total. The zero-order valence-electron chi connectivity index (χ0n) is 21.5. The molecule has 0 amide bonds. The van der Waals surface area contributed by atoms with Gasteiger partial charge in [-0.1, -0.05) is 36.4 Å². The lowest BCUT2D eigenvalue weighted by atomic mass is 9.99. The molecule has 4 aromatic rings. The summed E-state index contributed by atoms with van der Waals surface area (Å²) in [5.41, 5.74) is 2.87. The third-order valence-electron chi connectivity index (χ3n) is 8.36. The molecule has 3 saturated heterocycles. The number of aromatic nitrogens is 4. The second kappa shape index (κ2) is 9.19. The summed E-state index contributed by atoms with van der Waals surface area (Å²) in [6.45, 7) is 5.70. The van der Waals surface area contributed by atoms with E-state index in [9.17, 15) is 0 Å². The zero-order valence-corrected chi connectivity index (χ0v) is 21.5. The van der Waals surface area contributed by atoms with Crippen molar-refractivity contribution in [3.05, 3.63) is 48.2 Å². The number of hydrogen-bond acceptors (Lipinski definition) is 8. The van der Waals surface area contributed by atoms with Crippen LogP contribution in [0.5, 0.6) is 6.01 Å². The molecule has 2 bridgehead atoms. The number of likely N-dealkylation sites (tertiary alicyclic amines) is 1. The van der Waals surface area contributed by atoms with Gasteiger partial charge in [-0.25, -0.2) is 9.97 Å². The number of aryl methyl sites for hydroxylation is 1. The fraction of sp³-hybridized carbons (Fsp3) is 0.448. The number of likely N-dealkylation sites (N-methyl/N-ethyl adjacent to an activating group) is 1. The maximum absolute atomic E-state index is 6.24. The average molecular weight is 496 g/mol. The quantitative estimate of drug-likeness (QED) is 0.446. The van der Waals surface area contributed by atoms with E-state index in [0.717, 1.165) is 42.8 Å². The number of benzene rings is 2. The van der Waals surface area contributed by atoms with Gasteiger partial charge < -0.3 is 19.9 Å². The molecule has 7 rings (SSSR count). The molecule has 0 radical (unpaired) electrons. The molecule has 0 spiro atoms. The standard InChI is InChI=1S/C29H33N7O/c1-18-6-3-7-19-8-4-10-23(25(18)19)26-30-14-24-27(32-26)33-29(37-17-22-9-5-13-35(22)2)34-28(24)36-15-20-11-12-21(16-36)31-20/h3-4,6-8,10,14,20-22,31H,5,9,11-13,15-17H2,1-2H3. The largest absolute Gasteiger partial charge is 0.462 e. The van der Waals surface area contributed by atoms with Gasteiger partial charge in [0.1, 0.15) is 12.4 Å². The number of anilines is 1. The predicted octanol–water partition coefficient (Wildman–Crippen LogP) is 3.96. The predicted molar refractivity (Wildman–Crippen MR) is 146 cm³/mol. The Kier molecular flexibility index (Phi) is 5.66. The second-order valence-corrected chi connectivity index (χ2v) is 10.9. The van der Waals surface area contributed by atoms with Gasteiger partial charge in [0.05, 0.1) is 5.39 Å². The number of ether oxygens (including phenoxy) is 1. The maximum atomic E-state index is 6.24. The van der Waals surface area contributed by atoms with Crippen molar-refractivity contribution in [3.63, 3.8) is 0 Å². The first-order chi connectivity index (χ1) is 18.1. The summed E-state index contributed by atoms with van der Waals surface area (Å²) in [4.78, 5) is 24.3. The van der Waals surface area contributed by atoms with Gasteiger partial charge in [-0.3, -0.25) is 0 Å². The van der Waals surface area contributed by atoms with E-state index in [4.69, 9.17) is 24.7 Å². The van der Waals surface area contributed by atoms with Gasteiger partial charge >= 0.3 is 6.01 Å². The molecule has 0 saturated carbocycles. The molecule has 0 aliphatic carbocycles. The lowest BCUT2D eigenvalue weighted by Gasteiger charge is -2.34. The molecule has 190 valence electrons. The molecular formula is C29H33N7O. The summed E-state index contributed by atoms with van der Waals surface area (Å²) in [6, 6.07) is 14.5. The first-order valence-electron chi connectivity index (χ1n) is 13.5. The summed E-state index contributed by atoms with van der Waals surface area (Å²) in [6.07, 6.45) is 6.68. The van der Waals surface area contributed by atoms with E-state index in [1.165, 1.54) is 35.6 Å². The maximum Gasteiger partial charge on any atom is 0.320 e. The zero-order chi connectivity index (χ0) is 24.9. The first kappa shape index (κ1) is 22.8. The van der Waals surface area contributed by atoms with Crippen LogP contribution in [-0.2, 0) is 0 Å². The third kappa shape index (κ3) is 4.18. The van der Waals surface area contributed by atoms with Gasteiger partial charge in [-0.15, -0.1) is 0 Å². The summed E-state index contributed by atoms with van der Waals surface area (Å²) in [5.74, 6) is 1.57. The molecule has 2 aromatic carbocycles. The highest BCUT2D eigenvalue weighted by Gasteiger charge is 2.34. The van der Waals surface area contributed by atoms with Crippen LogP contribution >= 0.6 is 0 Å². The van der Waals surface area contributed by atoms with E-state index in [2.05, 4.69) is 65.5 Å². The van der Waals surface area contributed by atoms with Crippen molar-refractivity contribution in [3.8, 4) is 17.4 Å². The van der Waals surface area contributed by atoms with Crippen LogP contribution in [0.3, 0.4) is 0 Å². The van der Waals surface area contributed by atoms with E-state index in [1.807, 2.05) is 6.20 Å². The van der Waals surface area contributed by atoms with Gasteiger partial charge in [0.25, 0.3) is 0 Å². The van der Waals surface area contributed by atoms with Crippen molar-refractivity contribution in [2.24, 2.45) is 0 Å². The Morgan fingerprint density at radius 3 is 2.59 bits per heavy atom. The van der Waals surface area contributed by atoms with Crippen molar-refractivity contribution < 1.29 is 4.74 Å². The Morgan fingerprint density at radius 2 is 1.81 bits per heavy atom. The van der Waals surface area contributed by atoms with E-state index in [0.29, 0.717) is 42.2 Å². The Labute approximate surface area is 217 Å². The van der Waals surface area contributed by atoms with Crippen LogP contribution in [0, 0.1) is 6.92 Å². The minimum atomic E-state index is 0.400. The van der Waals surface area contributed by atoms with E-state index >= 15 is 0 Å². The number of nitrogens with zero attached hydrogens (tertiary/aromatic N) is 6. The summed E-state index contributed by atoms with van der Waals surface area (Å²) in [7, 11) is 2.16. The van der Waals surface area contributed by atoms with E-state index in [1.54, 1.807) is 0 Å². The number of fused-ring (bicyclic) bond motifs is 4. The minimum absolute atomic E-state index is 0.400. The molecule has 3 unspecified atom stereocenters. The Bertz CT molecular complexity index is 1460. The number of hydrogen-bond donors (Lipinski definition) is 1. The summed E-state index contributed by atoms with van der Waals surface area (Å²) >= 11 is 0. The number of rotatable bonds is 5. The van der Waals surface area contributed by atoms with Gasteiger partial charge in [-0.05, 0) is 62.5 Å². The molecule has 5 heterocycles. The third-order valence-corrected chi connectivity index (χ3v) is 8.36. The molecule has 8 heteroatoms. The fourth-order valence-corrected chi connectivity index (χ4v) is 6.36. The molecule has 3 aliphatic rings. The van der Waals surface area contributed by atoms with Crippen LogP contribution < -0.4 is 15.0 Å². The molecule has 3 atom stereocenters. The van der Waals surface area contributed by atoms with Crippen LogP contribution in [0.15, 0.2) is 42.6 Å². The summed E-state index contributed by atoms with van der Waals surface area (Å²) < 4.78 is 6.24. The topological polar surface area (TPSA) is 79.3 Å². The van der Waals surface area contributed by atoms with Crippen molar-refractivity contribution >= 4 is 27.6 Å². The number of piperazine rings is 1.